The maximum atomic E-state index is 5.95. The Morgan fingerprint density at radius 2 is 1.86 bits per heavy atom. The number of nitrogens with zero attached hydrogens (tertiary/aromatic N) is 1. The molecule has 0 bridgehead atoms. The van der Waals surface area contributed by atoms with Crippen molar-refractivity contribution in [1.29, 1.82) is 0 Å². The molecule has 2 N–H and O–H groups in total. The molecule has 0 amide bonds. The first-order chi connectivity index (χ1) is 14.2. The van der Waals surface area contributed by atoms with E-state index in [0.717, 1.165) is 34.8 Å². The lowest BCUT2D eigenvalue weighted by atomic mass is 10.1. The zero-order chi connectivity index (χ0) is 20.5. The smallest absolute Gasteiger partial charge is 0.231 e. The number of nitrogens with one attached hydrogen (secondary N) is 2. The summed E-state index contributed by atoms with van der Waals surface area (Å²) >= 11 is 0. The molecule has 2 aromatic carbocycles. The molecule has 0 radical (unpaired) electrons. The molecule has 7 heteroatoms. The monoisotopic (exact) mass is 399 g/mol. The van der Waals surface area contributed by atoms with Gasteiger partial charge < -0.3 is 29.6 Å². The van der Waals surface area contributed by atoms with Gasteiger partial charge in [0, 0.05) is 45.8 Å². The highest BCUT2D eigenvalue weighted by Gasteiger charge is 2.13. The summed E-state index contributed by atoms with van der Waals surface area (Å²) in [4.78, 5) is 4.31. The average Bonchev–Trinajstić information content (AvgIpc) is 3.20. The summed E-state index contributed by atoms with van der Waals surface area (Å²) in [6.07, 6.45) is 0.857. The Bertz CT molecular complexity index is 839. The fourth-order valence-electron chi connectivity index (χ4n) is 2.96. The lowest BCUT2D eigenvalue weighted by Crippen LogP contribution is -2.36. The minimum absolute atomic E-state index is 0.280. The van der Waals surface area contributed by atoms with Gasteiger partial charge in [-0.05, 0) is 36.2 Å². The fourth-order valence-corrected chi connectivity index (χ4v) is 2.96. The minimum atomic E-state index is 0.280. The molecule has 1 aliphatic heterocycles. The Labute approximate surface area is 172 Å². The van der Waals surface area contributed by atoms with Gasteiger partial charge in [-0.25, -0.2) is 0 Å². The van der Waals surface area contributed by atoms with Crippen LogP contribution in [0.4, 0.5) is 0 Å². The molecule has 0 saturated heterocycles. The third-order valence-electron chi connectivity index (χ3n) is 4.54. The predicted octanol–water partition coefficient (Wildman–Crippen LogP) is 3.00. The van der Waals surface area contributed by atoms with Crippen LogP contribution in [0.5, 0.6) is 17.2 Å². The van der Waals surface area contributed by atoms with Gasteiger partial charge in [-0.15, -0.1) is 0 Å². The van der Waals surface area contributed by atoms with E-state index in [1.807, 2.05) is 18.2 Å². The minimum Gasteiger partial charge on any atom is -0.493 e. The van der Waals surface area contributed by atoms with Crippen LogP contribution in [-0.2, 0) is 17.8 Å². The van der Waals surface area contributed by atoms with Gasteiger partial charge in [0.15, 0.2) is 17.5 Å². The molecule has 0 unspecified atom stereocenters. The largest absolute Gasteiger partial charge is 0.493 e. The highest BCUT2D eigenvalue weighted by Crippen LogP contribution is 2.32. The molecule has 1 heterocycles. The van der Waals surface area contributed by atoms with Gasteiger partial charge in [0.25, 0.3) is 0 Å². The Kier molecular flexibility index (Phi) is 7.58. The first kappa shape index (κ1) is 20.8. The molecular weight excluding hydrogens is 370 g/mol. The summed E-state index contributed by atoms with van der Waals surface area (Å²) in [5.74, 6) is 3.17. The van der Waals surface area contributed by atoms with Crippen LogP contribution in [0.25, 0.3) is 0 Å². The summed E-state index contributed by atoms with van der Waals surface area (Å²) in [5, 5.41) is 6.67. The lowest BCUT2D eigenvalue weighted by Gasteiger charge is -2.15. The zero-order valence-electron chi connectivity index (χ0n) is 17.3. The average molecular weight is 399 g/mol. The summed E-state index contributed by atoms with van der Waals surface area (Å²) in [5.41, 5.74) is 3.34. The van der Waals surface area contributed by atoms with Crippen molar-refractivity contribution in [3.8, 4) is 17.2 Å². The second kappa shape index (κ2) is 10.6. The van der Waals surface area contributed by atoms with Crippen molar-refractivity contribution in [3.05, 3.63) is 53.1 Å². The number of hydrogen-bond acceptors (Lipinski definition) is 5. The van der Waals surface area contributed by atoms with E-state index < -0.39 is 0 Å². The van der Waals surface area contributed by atoms with Crippen LogP contribution in [-0.4, -0.2) is 40.1 Å². The van der Waals surface area contributed by atoms with Crippen LogP contribution < -0.4 is 24.8 Å². The Hall–Kier alpha value is -2.93. The first-order valence-corrected chi connectivity index (χ1v) is 9.74. The first-order valence-electron chi connectivity index (χ1n) is 9.74. The molecule has 3 rings (SSSR count). The van der Waals surface area contributed by atoms with Crippen molar-refractivity contribution in [1.82, 2.24) is 10.6 Å². The quantitative estimate of drug-likeness (QED) is 0.384. The van der Waals surface area contributed by atoms with Crippen molar-refractivity contribution >= 4 is 5.96 Å². The number of methoxy groups -OCH3 is 1. The van der Waals surface area contributed by atoms with E-state index in [2.05, 4.69) is 40.7 Å². The molecule has 156 valence electrons. The summed E-state index contributed by atoms with van der Waals surface area (Å²) < 4.78 is 21.8. The number of guanidine groups is 1. The van der Waals surface area contributed by atoms with Crippen LogP contribution in [0, 0.1) is 6.92 Å². The number of aliphatic imine (C=N–C) groups is 1. The predicted molar refractivity (Wildman–Crippen MR) is 113 cm³/mol. The molecule has 1 aliphatic rings. The number of aryl methyl sites for hydroxylation is 1. The van der Waals surface area contributed by atoms with Crippen LogP contribution in [0.2, 0.25) is 0 Å². The Morgan fingerprint density at radius 3 is 2.69 bits per heavy atom. The molecule has 0 aliphatic carbocycles. The van der Waals surface area contributed by atoms with E-state index in [4.69, 9.17) is 18.9 Å². The molecule has 0 saturated carbocycles. The van der Waals surface area contributed by atoms with Crippen LogP contribution >= 0.6 is 0 Å². The number of benzene rings is 2. The zero-order valence-corrected chi connectivity index (χ0v) is 17.3. The van der Waals surface area contributed by atoms with Crippen molar-refractivity contribution in [3.63, 3.8) is 0 Å². The van der Waals surface area contributed by atoms with E-state index in [-0.39, 0.29) is 6.79 Å². The lowest BCUT2D eigenvalue weighted by molar-refractivity contribution is 0.171. The molecular formula is C22H29N3O4. The van der Waals surface area contributed by atoms with Gasteiger partial charge in [0.05, 0.1) is 6.61 Å². The van der Waals surface area contributed by atoms with Crippen molar-refractivity contribution in [2.24, 2.45) is 4.99 Å². The molecule has 0 fully saturated rings. The standard InChI is InChI=1S/C22H29N3O4/c1-16-5-7-18(20(11-16)27-10-4-9-26-3)14-25-22(23-2)24-13-17-6-8-19-21(12-17)29-15-28-19/h5-8,11-12H,4,9-10,13-15H2,1-3H3,(H2,23,24,25). The molecule has 7 nitrogen and oxygen atoms in total. The van der Waals surface area contributed by atoms with E-state index in [0.29, 0.717) is 32.3 Å². The maximum absolute atomic E-state index is 5.95. The van der Waals surface area contributed by atoms with Gasteiger partial charge in [-0.1, -0.05) is 18.2 Å². The second-order valence-corrected chi connectivity index (χ2v) is 6.77. The van der Waals surface area contributed by atoms with E-state index in [1.165, 1.54) is 5.56 Å². The van der Waals surface area contributed by atoms with Gasteiger partial charge in [-0.3, -0.25) is 4.99 Å². The Balaban J connectivity index is 1.53. The molecule has 2 aromatic rings. The summed E-state index contributed by atoms with van der Waals surface area (Å²) in [7, 11) is 3.45. The molecule has 29 heavy (non-hydrogen) atoms. The third kappa shape index (κ3) is 6.02. The number of rotatable bonds is 9. The Morgan fingerprint density at radius 1 is 1.03 bits per heavy atom. The van der Waals surface area contributed by atoms with E-state index >= 15 is 0 Å². The van der Waals surface area contributed by atoms with Crippen molar-refractivity contribution < 1.29 is 18.9 Å². The SMILES string of the molecule is CN=C(NCc1ccc2c(c1)OCO2)NCc1ccc(C)cc1OCCCOC. The van der Waals surface area contributed by atoms with E-state index in [1.54, 1.807) is 14.2 Å². The maximum Gasteiger partial charge on any atom is 0.231 e. The van der Waals surface area contributed by atoms with Gasteiger partial charge in [0.2, 0.25) is 6.79 Å². The fraction of sp³-hybridized carbons (Fsp3) is 0.409. The van der Waals surface area contributed by atoms with Crippen molar-refractivity contribution in [2.45, 2.75) is 26.4 Å². The number of hydrogen-bond donors (Lipinski definition) is 2. The van der Waals surface area contributed by atoms with Crippen LogP contribution in [0.1, 0.15) is 23.1 Å². The van der Waals surface area contributed by atoms with Crippen LogP contribution in [0.3, 0.4) is 0 Å². The highest BCUT2D eigenvalue weighted by molar-refractivity contribution is 5.79. The van der Waals surface area contributed by atoms with Gasteiger partial charge in [0.1, 0.15) is 5.75 Å². The van der Waals surface area contributed by atoms with Gasteiger partial charge in [-0.2, -0.15) is 0 Å². The van der Waals surface area contributed by atoms with Gasteiger partial charge >= 0.3 is 0 Å². The second-order valence-electron chi connectivity index (χ2n) is 6.77. The normalized spacial score (nSPS) is 12.7. The van der Waals surface area contributed by atoms with Crippen LogP contribution in [0.15, 0.2) is 41.4 Å². The molecule has 0 atom stereocenters. The van der Waals surface area contributed by atoms with E-state index in [9.17, 15) is 0 Å². The summed E-state index contributed by atoms with van der Waals surface area (Å²) in [6, 6.07) is 12.1. The van der Waals surface area contributed by atoms with Crippen molar-refractivity contribution in [2.75, 3.05) is 34.2 Å². The third-order valence-corrected chi connectivity index (χ3v) is 4.54. The summed E-state index contributed by atoms with van der Waals surface area (Å²) in [6.45, 7) is 4.90. The number of fused-ring (bicyclic) bond motifs is 1. The number of ether oxygens (including phenoxy) is 4. The highest BCUT2D eigenvalue weighted by atomic mass is 16.7. The molecule has 0 aromatic heterocycles. The molecule has 0 spiro atoms. The topological polar surface area (TPSA) is 73.3 Å².